The summed E-state index contributed by atoms with van der Waals surface area (Å²) in [5, 5.41) is 2.93. The molecule has 1 unspecified atom stereocenters. The number of rotatable bonds is 2. The highest BCUT2D eigenvalue weighted by Gasteiger charge is 2.42. The van der Waals surface area contributed by atoms with Gasteiger partial charge in [0.25, 0.3) is 0 Å². The Balaban J connectivity index is 2.51. The minimum Gasteiger partial charge on any atom is -0.325 e. The minimum atomic E-state index is -0.212. The van der Waals surface area contributed by atoms with E-state index < -0.39 is 0 Å². The molecule has 0 aliphatic carbocycles. The first-order chi connectivity index (χ1) is 7.44. The minimum absolute atomic E-state index is 0.0780. The van der Waals surface area contributed by atoms with E-state index in [4.69, 9.17) is 0 Å². The van der Waals surface area contributed by atoms with Crippen LogP contribution in [0.2, 0.25) is 0 Å². The number of fused-ring (bicyclic) bond motifs is 1. The second-order valence-corrected chi connectivity index (χ2v) is 5.01. The van der Waals surface area contributed by atoms with Crippen molar-refractivity contribution >= 4 is 11.6 Å². The molecule has 1 aliphatic heterocycles. The van der Waals surface area contributed by atoms with Gasteiger partial charge in [0.2, 0.25) is 5.91 Å². The Morgan fingerprint density at radius 2 is 2.00 bits per heavy atom. The third-order valence-electron chi connectivity index (χ3n) is 3.61. The van der Waals surface area contributed by atoms with Crippen LogP contribution in [0.15, 0.2) is 36.4 Å². The second kappa shape index (κ2) is 3.48. The Kier molecular flexibility index (Phi) is 2.38. The molecule has 1 aromatic rings. The molecular weight excluding hydrogens is 198 g/mol. The normalized spacial score (nSPS) is 19.2. The van der Waals surface area contributed by atoms with Gasteiger partial charge in [0.05, 0.1) is 5.92 Å². The van der Waals surface area contributed by atoms with Gasteiger partial charge in [0.1, 0.15) is 0 Å². The van der Waals surface area contributed by atoms with E-state index in [1.165, 1.54) is 0 Å². The molecule has 2 nitrogen and oxygen atoms in total. The van der Waals surface area contributed by atoms with E-state index in [9.17, 15) is 4.79 Å². The van der Waals surface area contributed by atoms with E-state index in [1.807, 2.05) is 31.2 Å². The number of hydrogen-bond donors (Lipinski definition) is 1. The van der Waals surface area contributed by atoms with Crippen molar-refractivity contribution in [3.63, 3.8) is 0 Å². The molecule has 0 aromatic heterocycles. The van der Waals surface area contributed by atoms with E-state index in [2.05, 4.69) is 25.7 Å². The van der Waals surface area contributed by atoms with Gasteiger partial charge in [-0.2, -0.15) is 0 Å². The van der Waals surface area contributed by atoms with Crippen LogP contribution in [0.25, 0.3) is 0 Å². The third kappa shape index (κ3) is 1.45. The van der Waals surface area contributed by atoms with E-state index in [-0.39, 0.29) is 17.2 Å². The lowest BCUT2D eigenvalue weighted by Crippen LogP contribution is -2.28. The first kappa shape index (κ1) is 10.9. The Morgan fingerprint density at radius 1 is 1.38 bits per heavy atom. The lowest BCUT2D eigenvalue weighted by atomic mass is 9.71. The van der Waals surface area contributed by atoms with Gasteiger partial charge in [0, 0.05) is 11.1 Å². The van der Waals surface area contributed by atoms with Gasteiger partial charge < -0.3 is 5.32 Å². The number of carbonyl (C=O) groups excluding carboxylic acids is 1. The molecule has 0 bridgehead atoms. The van der Waals surface area contributed by atoms with Crippen molar-refractivity contribution in [3.05, 3.63) is 42.0 Å². The predicted molar refractivity (Wildman–Crippen MR) is 66.4 cm³/mol. The van der Waals surface area contributed by atoms with Crippen LogP contribution in [-0.4, -0.2) is 5.91 Å². The van der Waals surface area contributed by atoms with Gasteiger partial charge in [-0.05, 0) is 18.6 Å². The lowest BCUT2D eigenvalue weighted by molar-refractivity contribution is -0.118. The van der Waals surface area contributed by atoms with Gasteiger partial charge >= 0.3 is 0 Å². The topological polar surface area (TPSA) is 29.1 Å². The molecular formula is C14H17NO. The maximum absolute atomic E-state index is 12.0. The molecule has 0 saturated heterocycles. The van der Waals surface area contributed by atoms with Crippen LogP contribution in [0.4, 0.5) is 5.69 Å². The first-order valence-electron chi connectivity index (χ1n) is 5.50. The Hall–Kier alpha value is -1.57. The van der Waals surface area contributed by atoms with Crippen molar-refractivity contribution in [1.29, 1.82) is 0 Å². The lowest BCUT2D eigenvalue weighted by Gasteiger charge is -2.30. The largest absolute Gasteiger partial charge is 0.325 e. The molecule has 2 rings (SSSR count). The Bertz CT molecular complexity index is 460. The standard InChI is InChI=1S/C14H17NO/c1-9(2)14(3,4)12-10-7-5-6-8-11(10)15-13(12)16/h5-8,12H,1H2,2-4H3,(H,15,16). The summed E-state index contributed by atoms with van der Waals surface area (Å²) in [4.78, 5) is 12.0. The number of allylic oxidation sites excluding steroid dienone is 1. The van der Waals surface area contributed by atoms with Crippen molar-refractivity contribution in [2.24, 2.45) is 5.41 Å². The van der Waals surface area contributed by atoms with E-state index in [1.54, 1.807) is 0 Å². The van der Waals surface area contributed by atoms with Crippen molar-refractivity contribution < 1.29 is 4.79 Å². The zero-order valence-electron chi connectivity index (χ0n) is 10.0. The van der Waals surface area contributed by atoms with Crippen molar-refractivity contribution in [2.75, 3.05) is 5.32 Å². The van der Waals surface area contributed by atoms with Crippen LogP contribution in [0.3, 0.4) is 0 Å². The molecule has 0 saturated carbocycles. The highest BCUT2D eigenvalue weighted by atomic mass is 16.2. The van der Waals surface area contributed by atoms with Crippen LogP contribution in [0, 0.1) is 5.41 Å². The smallest absolute Gasteiger partial charge is 0.232 e. The highest BCUT2D eigenvalue weighted by Crippen LogP contribution is 2.46. The summed E-state index contributed by atoms with van der Waals surface area (Å²) in [5.41, 5.74) is 2.84. The number of hydrogen-bond acceptors (Lipinski definition) is 1. The molecule has 1 N–H and O–H groups in total. The summed E-state index contributed by atoms with van der Waals surface area (Å²) in [6.07, 6.45) is 0. The Morgan fingerprint density at radius 3 is 2.62 bits per heavy atom. The van der Waals surface area contributed by atoms with Crippen LogP contribution in [0.5, 0.6) is 0 Å². The average molecular weight is 215 g/mol. The van der Waals surface area contributed by atoms with Crippen molar-refractivity contribution in [1.82, 2.24) is 0 Å². The molecule has 0 fully saturated rings. The predicted octanol–water partition coefficient (Wildman–Crippen LogP) is 3.32. The average Bonchev–Trinajstić information content (AvgIpc) is 2.53. The number of anilines is 1. The number of amides is 1. The van der Waals surface area contributed by atoms with Gasteiger partial charge in [-0.15, -0.1) is 0 Å². The fraction of sp³-hybridized carbons (Fsp3) is 0.357. The summed E-state index contributed by atoms with van der Waals surface area (Å²) >= 11 is 0. The van der Waals surface area contributed by atoms with Gasteiger partial charge in [-0.1, -0.05) is 44.2 Å². The molecule has 1 heterocycles. The van der Waals surface area contributed by atoms with Gasteiger partial charge in [-0.3, -0.25) is 4.79 Å². The molecule has 1 amide bonds. The molecule has 0 radical (unpaired) electrons. The van der Waals surface area contributed by atoms with Crippen LogP contribution in [0.1, 0.15) is 32.3 Å². The molecule has 1 aromatic carbocycles. The summed E-state index contributed by atoms with van der Waals surface area (Å²) in [6.45, 7) is 10.1. The fourth-order valence-corrected chi connectivity index (χ4v) is 2.17. The molecule has 1 aliphatic rings. The van der Waals surface area contributed by atoms with Crippen molar-refractivity contribution in [2.45, 2.75) is 26.7 Å². The molecule has 2 heteroatoms. The van der Waals surface area contributed by atoms with Gasteiger partial charge in [-0.25, -0.2) is 0 Å². The van der Waals surface area contributed by atoms with E-state index in [0.717, 1.165) is 16.8 Å². The molecule has 1 atom stereocenters. The summed E-state index contributed by atoms with van der Waals surface area (Å²) in [5.74, 6) is -0.0459. The number of para-hydroxylation sites is 1. The maximum atomic E-state index is 12.0. The highest BCUT2D eigenvalue weighted by molar-refractivity contribution is 6.03. The third-order valence-corrected chi connectivity index (χ3v) is 3.61. The second-order valence-electron chi connectivity index (χ2n) is 5.01. The van der Waals surface area contributed by atoms with Gasteiger partial charge in [0.15, 0.2) is 0 Å². The van der Waals surface area contributed by atoms with Crippen LogP contribution in [-0.2, 0) is 4.79 Å². The summed E-state index contributed by atoms with van der Waals surface area (Å²) < 4.78 is 0. The fourth-order valence-electron chi connectivity index (χ4n) is 2.17. The number of nitrogens with one attached hydrogen (secondary N) is 1. The van der Waals surface area contributed by atoms with Crippen LogP contribution >= 0.6 is 0 Å². The monoisotopic (exact) mass is 215 g/mol. The maximum Gasteiger partial charge on any atom is 0.232 e. The van der Waals surface area contributed by atoms with Crippen molar-refractivity contribution in [3.8, 4) is 0 Å². The van der Waals surface area contributed by atoms with Crippen LogP contribution < -0.4 is 5.32 Å². The zero-order chi connectivity index (χ0) is 11.9. The molecule has 16 heavy (non-hydrogen) atoms. The summed E-state index contributed by atoms with van der Waals surface area (Å²) in [7, 11) is 0. The zero-order valence-corrected chi connectivity index (χ0v) is 10.0. The van der Waals surface area contributed by atoms with E-state index in [0.29, 0.717) is 0 Å². The summed E-state index contributed by atoms with van der Waals surface area (Å²) in [6, 6.07) is 7.88. The molecule has 84 valence electrons. The molecule has 0 spiro atoms. The number of carbonyl (C=O) groups is 1. The first-order valence-corrected chi connectivity index (χ1v) is 5.50. The number of benzene rings is 1. The Labute approximate surface area is 96.4 Å². The SMILES string of the molecule is C=C(C)C(C)(C)C1C(=O)Nc2ccccc21. The quantitative estimate of drug-likeness (QED) is 0.753. The van der Waals surface area contributed by atoms with E-state index >= 15 is 0 Å².